The van der Waals surface area contributed by atoms with Crippen molar-refractivity contribution in [3.05, 3.63) is 65.2 Å². The van der Waals surface area contributed by atoms with Crippen LogP contribution >= 0.6 is 0 Å². The summed E-state index contributed by atoms with van der Waals surface area (Å²) in [6.45, 7) is 5.22. The molecule has 3 heteroatoms. The van der Waals surface area contributed by atoms with Crippen LogP contribution in [0.25, 0.3) is 0 Å². The second-order valence-electron chi connectivity index (χ2n) is 5.72. The SMILES string of the molecule is CC1c2cc(C(=O)O)ccc2N(Cc2ccccc2)C1C. The first-order chi connectivity index (χ1) is 10.1. The zero-order valence-electron chi connectivity index (χ0n) is 12.3. The lowest BCUT2D eigenvalue weighted by atomic mass is 9.97. The van der Waals surface area contributed by atoms with Crippen molar-refractivity contribution in [1.29, 1.82) is 0 Å². The first-order valence-electron chi connectivity index (χ1n) is 7.25. The van der Waals surface area contributed by atoms with Crippen LogP contribution in [0.3, 0.4) is 0 Å². The molecule has 1 N–H and O–H groups in total. The molecule has 3 nitrogen and oxygen atoms in total. The van der Waals surface area contributed by atoms with E-state index in [-0.39, 0.29) is 0 Å². The average Bonchev–Trinajstić information content (AvgIpc) is 2.73. The van der Waals surface area contributed by atoms with Gasteiger partial charge in [0.05, 0.1) is 5.56 Å². The van der Waals surface area contributed by atoms with Gasteiger partial charge in [-0.15, -0.1) is 0 Å². The van der Waals surface area contributed by atoms with Crippen molar-refractivity contribution in [3.8, 4) is 0 Å². The number of aromatic carboxylic acids is 1. The third-order valence-corrected chi connectivity index (χ3v) is 4.49. The van der Waals surface area contributed by atoms with Crippen molar-refractivity contribution >= 4 is 11.7 Å². The van der Waals surface area contributed by atoms with E-state index in [2.05, 4.69) is 30.9 Å². The van der Waals surface area contributed by atoms with Gasteiger partial charge in [0.1, 0.15) is 0 Å². The minimum Gasteiger partial charge on any atom is -0.478 e. The van der Waals surface area contributed by atoms with Crippen molar-refractivity contribution in [2.75, 3.05) is 4.90 Å². The number of benzene rings is 2. The number of nitrogens with zero attached hydrogens (tertiary/aromatic N) is 1. The molecule has 0 aliphatic carbocycles. The topological polar surface area (TPSA) is 40.5 Å². The van der Waals surface area contributed by atoms with Crippen molar-refractivity contribution < 1.29 is 9.90 Å². The Bertz CT molecular complexity index is 666. The second kappa shape index (κ2) is 5.24. The van der Waals surface area contributed by atoms with Gasteiger partial charge in [0.15, 0.2) is 0 Å². The highest BCUT2D eigenvalue weighted by molar-refractivity contribution is 5.89. The number of hydrogen-bond acceptors (Lipinski definition) is 2. The fourth-order valence-electron chi connectivity index (χ4n) is 3.07. The predicted molar refractivity (Wildman–Crippen MR) is 83.9 cm³/mol. The van der Waals surface area contributed by atoms with Crippen LogP contribution in [0.1, 0.15) is 41.3 Å². The molecule has 0 radical (unpaired) electrons. The van der Waals surface area contributed by atoms with E-state index >= 15 is 0 Å². The molecule has 0 saturated heterocycles. The molecule has 2 unspecified atom stereocenters. The molecule has 0 bridgehead atoms. The Morgan fingerprint density at radius 2 is 1.86 bits per heavy atom. The van der Waals surface area contributed by atoms with Crippen molar-refractivity contribution in [2.45, 2.75) is 32.4 Å². The molecule has 2 atom stereocenters. The number of carbonyl (C=O) groups is 1. The molecule has 2 aromatic rings. The Kier molecular flexibility index (Phi) is 3.42. The number of carboxylic acid groups (broad SMARTS) is 1. The quantitative estimate of drug-likeness (QED) is 0.927. The molecule has 0 amide bonds. The minimum atomic E-state index is -0.862. The summed E-state index contributed by atoms with van der Waals surface area (Å²) in [6.07, 6.45) is 0. The summed E-state index contributed by atoms with van der Waals surface area (Å²) in [7, 11) is 0. The number of fused-ring (bicyclic) bond motifs is 1. The van der Waals surface area contributed by atoms with E-state index < -0.39 is 5.97 Å². The summed E-state index contributed by atoms with van der Waals surface area (Å²) in [4.78, 5) is 13.5. The standard InChI is InChI=1S/C18H19NO2/c1-12-13(2)19(11-14-6-4-3-5-7-14)17-9-8-15(18(20)21)10-16(12)17/h3-10,12-13H,11H2,1-2H3,(H,20,21). The lowest BCUT2D eigenvalue weighted by Crippen LogP contribution is -2.30. The van der Waals surface area contributed by atoms with Gasteiger partial charge < -0.3 is 10.0 Å². The highest BCUT2D eigenvalue weighted by Gasteiger charge is 2.33. The summed E-state index contributed by atoms with van der Waals surface area (Å²) in [5.74, 6) is -0.526. The molecule has 21 heavy (non-hydrogen) atoms. The summed E-state index contributed by atoms with van der Waals surface area (Å²) >= 11 is 0. The number of carboxylic acids is 1. The molecule has 1 aliphatic heterocycles. The maximum atomic E-state index is 11.1. The molecular formula is C18H19NO2. The zero-order chi connectivity index (χ0) is 15.0. The molecule has 0 saturated carbocycles. The number of anilines is 1. The third kappa shape index (κ3) is 2.40. The van der Waals surface area contributed by atoms with Gasteiger partial charge in [0.25, 0.3) is 0 Å². The van der Waals surface area contributed by atoms with E-state index in [1.54, 1.807) is 6.07 Å². The van der Waals surface area contributed by atoms with E-state index in [1.165, 1.54) is 5.56 Å². The third-order valence-electron chi connectivity index (χ3n) is 4.49. The van der Waals surface area contributed by atoms with E-state index in [9.17, 15) is 4.79 Å². The fraction of sp³-hybridized carbons (Fsp3) is 0.278. The Morgan fingerprint density at radius 3 is 2.52 bits per heavy atom. The summed E-state index contributed by atoms with van der Waals surface area (Å²) in [5, 5.41) is 9.16. The molecule has 108 valence electrons. The average molecular weight is 281 g/mol. The highest BCUT2D eigenvalue weighted by atomic mass is 16.4. The maximum Gasteiger partial charge on any atom is 0.335 e. The largest absolute Gasteiger partial charge is 0.478 e. The minimum absolute atomic E-state index is 0.336. The van der Waals surface area contributed by atoms with Crippen LogP contribution in [0, 0.1) is 0 Å². The summed E-state index contributed by atoms with van der Waals surface area (Å²) in [5.41, 5.74) is 3.93. The van der Waals surface area contributed by atoms with Crippen LogP contribution in [0.15, 0.2) is 48.5 Å². The van der Waals surface area contributed by atoms with Crippen LogP contribution in [-0.4, -0.2) is 17.1 Å². The lowest BCUT2D eigenvalue weighted by Gasteiger charge is -2.26. The van der Waals surface area contributed by atoms with Crippen molar-refractivity contribution in [1.82, 2.24) is 0 Å². The molecule has 2 aromatic carbocycles. The summed E-state index contributed by atoms with van der Waals surface area (Å²) < 4.78 is 0. The van der Waals surface area contributed by atoms with Crippen LogP contribution in [0.5, 0.6) is 0 Å². The number of rotatable bonds is 3. The van der Waals surface area contributed by atoms with Gasteiger partial charge in [-0.1, -0.05) is 37.3 Å². The Morgan fingerprint density at radius 1 is 1.14 bits per heavy atom. The molecule has 0 fully saturated rings. The molecular weight excluding hydrogens is 262 g/mol. The van der Waals surface area contributed by atoms with Crippen LogP contribution in [-0.2, 0) is 6.54 Å². The molecule has 0 aromatic heterocycles. The molecule has 1 heterocycles. The number of hydrogen-bond donors (Lipinski definition) is 1. The summed E-state index contributed by atoms with van der Waals surface area (Å²) in [6, 6.07) is 16.2. The first kappa shape index (κ1) is 13.7. The smallest absolute Gasteiger partial charge is 0.335 e. The van der Waals surface area contributed by atoms with Crippen LogP contribution in [0.2, 0.25) is 0 Å². The Labute approximate surface area is 124 Å². The van der Waals surface area contributed by atoms with Crippen molar-refractivity contribution in [2.24, 2.45) is 0 Å². The van der Waals surface area contributed by atoms with Crippen LogP contribution < -0.4 is 4.90 Å². The van der Waals surface area contributed by atoms with E-state index in [0.717, 1.165) is 17.8 Å². The second-order valence-corrected chi connectivity index (χ2v) is 5.72. The zero-order valence-corrected chi connectivity index (χ0v) is 12.3. The van der Waals surface area contributed by atoms with Gasteiger partial charge in [0, 0.05) is 24.2 Å². The Hall–Kier alpha value is -2.29. The first-order valence-corrected chi connectivity index (χ1v) is 7.25. The normalized spacial score (nSPS) is 20.4. The van der Waals surface area contributed by atoms with Gasteiger partial charge in [-0.05, 0) is 36.2 Å². The van der Waals surface area contributed by atoms with E-state index in [0.29, 0.717) is 17.5 Å². The monoisotopic (exact) mass is 281 g/mol. The van der Waals surface area contributed by atoms with Gasteiger partial charge in [-0.3, -0.25) is 0 Å². The van der Waals surface area contributed by atoms with Gasteiger partial charge in [-0.2, -0.15) is 0 Å². The van der Waals surface area contributed by atoms with Gasteiger partial charge >= 0.3 is 5.97 Å². The molecule has 0 spiro atoms. The maximum absolute atomic E-state index is 11.1. The van der Waals surface area contributed by atoms with Gasteiger partial charge in [-0.25, -0.2) is 4.79 Å². The van der Waals surface area contributed by atoms with Crippen molar-refractivity contribution in [3.63, 3.8) is 0 Å². The predicted octanol–water partition coefficient (Wildman–Crippen LogP) is 3.90. The molecule has 3 rings (SSSR count). The Balaban J connectivity index is 1.96. The van der Waals surface area contributed by atoms with E-state index in [1.807, 2.05) is 30.3 Å². The van der Waals surface area contributed by atoms with Gasteiger partial charge in [0.2, 0.25) is 0 Å². The fourth-order valence-corrected chi connectivity index (χ4v) is 3.07. The lowest BCUT2D eigenvalue weighted by molar-refractivity contribution is 0.0697. The molecule has 1 aliphatic rings. The highest BCUT2D eigenvalue weighted by Crippen LogP contribution is 2.41. The van der Waals surface area contributed by atoms with E-state index in [4.69, 9.17) is 5.11 Å². The van der Waals surface area contributed by atoms with Crippen LogP contribution in [0.4, 0.5) is 5.69 Å².